The van der Waals surface area contributed by atoms with E-state index < -0.39 is 0 Å². The van der Waals surface area contributed by atoms with Crippen molar-refractivity contribution in [1.82, 2.24) is 0 Å². The molecular formula is C65H61NO. The van der Waals surface area contributed by atoms with E-state index in [2.05, 4.69) is 252 Å². The van der Waals surface area contributed by atoms with Crippen LogP contribution < -0.4 is 4.90 Å². The highest BCUT2D eigenvalue weighted by atomic mass is 16.3. The molecule has 1 aromatic heterocycles. The van der Waals surface area contributed by atoms with Gasteiger partial charge in [0.15, 0.2) is 0 Å². The number of aryl methyl sites for hydroxylation is 2. The van der Waals surface area contributed by atoms with Crippen molar-refractivity contribution in [2.24, 2.45) is 5.92 Å². The quantitative estimate of drug-likeness (QED) is 0.122. The average molecular weight is 872 g/mol. The van der Waals surface area contributed by atoms with Crippen molar-refractivity contribution in [3.05, 3.63) is 263 Å². The Kier molecular flexibility index (Phi) is 14.7. The molecule has 2 nitrogen and oxygen atoms in total. The predicted octanol–water partition coefficient (Wildman–Crippen LogP) is 18.7. The zero-order valence-electron chi connectivity index (χ0n) is 39.8. The fourth-order valence-electron chi connectivity index (χ4n) is 9.11. The SMILES string of the molecule is C=Cc1oc(/C(=C\CC)c2ccc(N(c3ccccc3)c3ccc(C4=CCC(C)C(c5ccccc5C)=C4)cc3)cc2)c(C)c1/C=C\C.Cc1cc(-c2ccccc2)cc(-c2ccccc2)c1. The van der Waals surface area contributed by atoms with Gasteiger partial charge in [-0.1, -0.05) is 190 Å². The van der Waals surface area contributed by atoms with Crippen molar-refractivity contribution in [2.45, 2.75) is 54.4 Å². The third-order valence-electron chi connectivity index (χ3n) is 12.6. The molecule has 1 heterocycles. The highest BCUT2D eigenvalue weighted by molar-refractivity contribution is 5.89. The molecule has 0 amide bonds. The maximum atomic E-state index is 6.38. The zero-order chi connectivity index (χ0) is 46.7. The van der Waals surface area contributed by atoms with Crippen molar-refractivity contribution in [3.63, 3.8) is 0 Å². The molecule has 1 unspecified atom stereocenters. The van der Waals surface area contributed by atoms with Crippen LogP contribution in [0.3, 0.4) is 0 Å². The molecule has 0 bridgehead atoms. The fraction of sp³-hybridized carbons (Fsp3) is 0.138. The lowest BCUT2D eigenvalue weighted by atomic mass is 9.82. The average Bonchev–Trinajstić information content (AvgIpc) is 3.69. The van der Waals surface area contributed by atoms with E-state index in [4.69, 9.17) is 4.42 Å². The Bertz CT molecular complexity index is 2990. The van der Waals surface area contributed by atoms with Crippen LogP contribution in [-0.4, -0.2) is 0 Å². The highest BCUT2D eigenvalue weighted by Crippen LogP contribution is 2.40. The van der Waals surface area contributed by atoms with Gasteiger partial charge in [-0.2, -0.15) is 0 Å². The minimum Gasteiger partial charge on any atom is -0.456 e. The van der Waals surface area contributed by atoms with Gasteiger partial charge in [-0.15, -0.1) is 0 Å². The smallest absolute Gasteiger partial charge is 0.138 e. The van der Waals surface area contributed by atoms with E-state index in [0.29, 0.717) is 5.92 Å². The van der Waals surface area contributed by atoms with Gasteiger partial charge in [-0.05, 0) is 156 Å². The fourth-order valence-corrected chi connectivity index (χ4v) is 9.11. The van der Waals surface area contributed by atoms with E-state index in [1.54, 1.807) is 6.08 Å². The van der Waals surface area contributed by atoms with Gasteiger partial charge in [0.25, 0.3) is 0 Å². The van der Waals surface area contributed by atoms with Crippen LogP contribution in [0.5, 0.6) is 0 Å². The first-order valence-electron chi connectivity index (χ1n) is 23.6. The Morgan fingerprint density at radius 3 is 1.76 bits per heavy atom. The molecule has 0 spiro atoms. The van der Waals surface area contributed by atoms with E-state index in [-0.39, 0.29) is 0 Å². The second-order valence-electron chi connectivity index (χ2n) is 17.4. The van der Waals surface area contributed by atoms with Crippen LogP contribution in [0.25, 0.3) is 51.1 Å². The number of benzene rings is 7. The van der Waals surface area contributed by atoms with Crippen molar-refractivity contribution < 1.29 is 4.42 Å². The summed E-state index contributed by atoms with van der Waals surface area (Å²) in [5.41, 5.74) is 20.8. The van der Waals surface area contributed by atoms with Crippen molar-refractivity contribution >= 4 is 45.9 Å². The van der Waals surface area contributed by atoms with Gasteiger partial charge in [0, 0.05) is 33.8 Å². The number of hydrogen-bond acceptors (Lipinski definition) is 2. The van der Waals surface area contributed by atoms with E-state index in [1.165, 1.54) is 55.7 Å². The molecule has 1 aliphatic rings. The molecule has 0 N–H and O–H groups in total. The molecule has 332 valence electrons. The summed E-state index contributed by atoms with van der Waals surface area (Å²) in [6, 6.07) is 64.9. The van der Waals surface area contributed by atoms with E-state index in [1.807, 2.05) is 13.0 Å². The van der Waals surface area contributed by atoms with E-state index >= 15 is 0 Å². The van der Waals surface area contributed by atoms with Crippen LogP contribution in [0.4, 0.5) is 17.1 Å². The highest BCUT2D eigenvalue weighted by Gasteiger charge is 2.21. The summed E-state index contributed by atoms with van der Waals surface area (Å²) in [6.07, 6.45) is 14.9. The number of nitrogens with zero attached hydrogens (tertiary/aromatic N) is 1. The second kappa shape index (κ2) is 21.5. The minimum absolute atomic E-state index is 0.495. The van der Waals surface area contributed by atoms with Crippen LogP contribution in [0.15, 0.2) is 217 Å². The Balaban J connectivity index is 0.000000265. The topological polar surface area (TPSA) is 16.4 Å². The number of rotatable bonds is 12. The summed E-state index contributed by atoms with van der Waals surface area (Å²) in [7, 11) is 0. The van der Waals surface area contributed by atoms with Crippen LogP contribution in [-0.2, 0) is 0 Å². The Hall–Kier alpha value is -7.68. The molecule has 1 aliphatic carbocycles. The molecule has 8 aromatic rings. The number of furan rings is 1. The first-order valence-corrected chi connectivity index (χ1v) is 23.6. The normalized spacial score (nSPS) is 13.6. The predicted molar refractivity (Wildman–Crippen MR) is 290 cm³/mol. The molecule has 0 radical (unpaired) electrons. The van der Waals surface area contributed by atoms with Gasteiger partial charge in [0.2, 0.25) is 0 Å². The van der Waals surface area contributed by atoms with Crippen molar-refractivity contribution in [3.8, 4) is 22.3 Å². The summed E-state index contributed by atoms with van der Waals surface area (Å²) < 4.78 is 6.38. The van der Waals surface area contributed by atoms with Crippen LogP contribution in [0.2, 0.25) is 0 Å². The molecule has 2 heteroatoms. The summed E-state index contributed by atoms with van der Waals surface area (Å²) in [6.45, 7) is 17.0. The van der Waals surface area contributed by atoms with Gasteiger partial charge in [-0.3, -0.25) is 0 Å². The Morgan fingerprint density at radius 1 is 0.642 bits per heavy atom. The summed E-state index contributed by atoms with van der Waals surface area (Å²) in [5, 5.41) is 0. The number of anilines is 3. The standard InChI is InChI=1S/C46H45NO.C19H16/c1-7-15-42-34(6)46(48-45(42)9-3)43(16-8-2)36-25-29-40(30-26-36)47(38-18-11-10-12-19-38)39-27-23-35(24-28-39)37-22-21-33(5)44(31-37)41-20-14-13-17-32(41)4;1-15-12-18(16-8-4-2-5-9-16)14-19(13-15)17-10-6-3-7-11-17/h7,9-20,22-31,33H,3,8,21H2,1-2,4-6H3;2-14H,1H3/b15-7-,43-16-;. The van der Waals surface area contributed by atoms with Crippen molar-refractivity contribution in [2.75, 3.05) is 4.90 Å². The van der Waals surface area contributed by atoms with Gasteiger partial charge in [0.1, 0.15) is 11.5 Å². The summed E-state index contributed by atoms with van der Waals surface area (Å²) >= 11 is 0. The number of para-hydroxylation sites is 1. The first kappa shape index (κ1) is 45.9. The molecular weight excluding hydrogens is 811 g/mol. The van der Waals surface area contributed by atoms with Crippen LogP contribution in [0.1, 0.15) is 84.1 Å². The molecule has 0 saturated carbocycles. The van der Waals surface area contributed by atoms with E-state index in [9.17, 15) is 0 Å². The molecule has 0 aliphatic heterocycles. The Labute approximate surface area is 399 Å². The molecule has 0 saturated heterocycles. The largest absolute Gasteiger partial charge is 0.456 e. The number of hydrogen-bond donors (Lipinski definition) is 0. The summed E-state index contributed by atoms with van der Waals surface area (Å²) in [4.78, 5) is 2.32. The molecule has 0 fully saturated rings. The lowest BCUT2D eigenvalue weighted by Crippen LogP contribution is -2.10. The molecule has 67 heavy (non-hydrogen) atoms. The third-order valence-corrected chi connectivity index (χ3v) is 12.6. The van der Waals surface area contributed by atoms with Crippen molar-refractivity contribution in [1.29, 1.82) is 0 Å². The minimum atomic E-state index is 0.495. The lowest BCUT2D eigenvalue weighted by molar-refractivity contribution is 0.541. The maximum Gasteiger partial charge on any atom is 0.138 e. The molecule has 7 aromatic carbocycles. The zero-order valence-corrected chi connectivity index (χ0v) is 39.8. The van der Waals surface area contributed by atoms with Gasteiger partial charge >= 0.3 is 0 Å². The maximum absolute atomic E-state index is 6.38. The molecule has 9 rings (SSSR count). The monoisotopic (exact) mass is 871 g/mol. The van der Waals surface area contributed by atoms with E-state index in [0.717, 1.165) is 63.7 Å². The lowest BCUT2D eigenvalue weighted by Gasteiger charge is -2.26. The first-order chi connectivity index (χ1) is 32.8. The molecule has 1 atom stereocenters. The van der Waals surface area contributed by atoms with Gasteiger partial charge in [0.05, 0.1) is 0 Å². The summed E-state index contributed by atoms with van der Waals surface area (Å²) in [5.74, 6) is 2.20. The van der Waals surface area contributed by atoms with Crippen LogP contribution >= 0.6 is 0 Å². The Morgan fingerprint density at radius 2 is 1.19 bits per heavy atom. The second-order valence-corrected chi connectivity index (χ2v) is 17.4. The number of allylic oxidation sites excluding steroid dienone is 6. The third kappa shape index (κ3) is 10.6. The van der Waals surface area contributed by atoms with Gasteiger partial charge in [-0.25, -0.2) is 0 Å². The van der Waals surface area contributed by atoms with Crippen LogP contribution in [0, 0.1) is 26.7 Å². The van der Waals surface area contributed by atoms with Gasteiger partial charge < -0.3 is 9.32 Å².